The quantitative estimate of drug-likeness (QED) is 0.250. The van der Waals surface area contributed by atoms with Crippen LogP contribution in [0.25, 0.3) is 0 Å². The molecule has 3 atom stereocenters. The second-order valence-electron chi connectivity index (χ2n) is 9.50. The fraction of sp³-hybridized carbons (Fsp3) is 0.308. The van der Waals surface area contributed by atoms with Gasteiger partial charge in [-0.15, -0.1) is 0 Å². The first-order valence-corrected chi connectivity index (χ1v) is 14.6. The molecular weight excluding hydrogens is 596 g/mol. The summed E-state index contributed by atoms with van der Waals surface area (Å²) in [6.45, 7) is 1.53. The van der Waals surface area contributed by atoms with Crippen LogP contribution in [0, 0.1) is 16.0 Å². The Morgan fingerprint density at radius 1 is 1.12 bits per heavy atom. The number of aromatic nitrogens is 1. The molecule has 41 heavy (non-hydrogen) atoms. The van der Waals surface area contributed by atoms with Crippen molar-refractivity contribution < 1.29 is 28.8 Å². The van der Waals surface area contributed by atoms with Gasteiger partial charge in [-0.3, -0.25) is 29.3 Å². The Morgan fingerprint density at radius 3 is 2.56 bits per heavy atom. The Labute approximate surface area is 245 Å². The minimum atomic E-state index is -0.933. The molecule has 12 nitrogen and oxygen atoms in total. The molecule has 6 rings (SSSR count). The highest BCUT2D eigenvalue weighted by Crippen LogP contribution is 2.54. The molecule has 0 spiro atoms. The topological polar surface area (TPSA) is 152 Å². The number of hydrogen-bond donors (Lipinski definition) is 1. The number of morpholine rings is 1. The first kappa shape index (κ1) is 27.4. The van der Waals surface area contributed by atoms with Crippen molar-refractivity contribution in [2.24, 2.45) is 5.92 Å². The zero-order valence-corrected chi connectivity index (χ0v) is 23.5. The third-order valence-corrected chi connectivity index (χ3v) is 9.80. The van der Waals surface area contributed by atoms with Gasteiger partial charge in [0.1, 0.15) is 11.0 Å². The number of aromatic amines is 1. The number of carbonyl (C=O) groups excluding carboxylic acids is 3. The maximum Gasteiger partial charge on any atom is 0.305 e. The summed E-state index contributed by atoms with van der Waals surface area (Å²) in [6.07, 6.45) is 0. The van der Waals surface area contributed by atoms with Crippen molar-refractivity contribution in [1.82, 2.24) is 9.88 Å². The van der Waals surface area contributed by atoms with Crippen LogP contribution in [0.5, 0.6) is 5.75 Å². The molecule has 2 aromatic carbocycles. The highest BCUT2D eigenvalue weighted by atomic mass is 35.5. The van der Waals surface area contributed by atoms with Gasteiger partial charge in [-0.1, -0.05) is 34.7 Å². The Kier molecular flexibility index (Phi) is 7.32. The van der Waals surface area contributed by atoms with Crippen LogP contribution in [-0.2, 0) is 19.1 Å². The number of hydrogen-bond acceptors (Lipinski definition) is 10. The highest BCUT2D eigenvalue weighted by Gasteiger charge is 2.57. The molecule has 0 aliphatic carbocycles. The van der Waals surface area contributed by atoms with E-state index in [-0.39, 0.29) is 28.8 Å². The van der Waals surface area contributed by atoms with E-state index in [1.54, 1.807) is 23.1 Å². The lowest BCUT2D eigenvalue weighted by atomic mass is 9.82. The zero-order valence-electron chi connectivity index (χ0n) is 21.1. The van der Waals surface area contributed by atoms with E-state index in [0.717, 1.165) is 28.0 Å². The number of nitrogens with zero attached hydrogens (tertiary/aromatic N) is 3. The number of H-pyrrole nitrogens is 1. The zero-order chi connectivity index (χ0) is 28.8. The number of non-ortho nitro benzene ring substituents is 1. The Morgan fingerprint density at radius 2 is 1.85 bits per heavy atom. The first-order chi connectivity index (χ1) is 19.7. The number of imide groups is 1. The molecule has 3 unspecified atom stereocenters. The summed E-state index contributed by atoms with van der Waals surface area (Å²) in [5.41, 5.74) is 0.491. The number of rotatable bonds is 6. The van der Waals surface area contributed by atoms with E-state index in [0.29, 0.717) is 52.5 Å². The molecule has 0 radical (unpaired) electrons. The van der Waals surface area contributed by atoms with E-state index in [9.17, 15) is 29.3 Å². The van der Waals surface area contributed by atoms with Gasteiger partial charge >= 0.3 is 4.87 Å². The molecular formula is C26H21ClN4O8S2. The van der Waals surface area contributed by atoms with Crippen molar-refractivity contribution in [3.63, 3.8) is 0 Å². The van der Waals surface area contributed by atoms with E-state index in [1.807, 2.05) is 0 Å². The number of fused-ring (bicyclic) bond motifs is 2. The Hall–Kier alpha value is -3.72. The van der Waals surface area contributed by atoms with Crippen LogP contribution < -0.4 is 14.5 Å². The summed E-state index contributed by atoms with van der Waals surface area (Å²) in [7, 11) is 0. The highest BCUT2D eigenvalue weighted by molar-refractivity contribution is 8.00. The third-order valence-electron chi connectivity index (χ3n) is 7.16. The predicted molar refractivity (Wildman–Crippen MR) is 150 cm³/mol. The third kappa shape index (κ3) is 5.01. The maximum absolute atomic E-state index is 14.0. The minimum Gasteiger partial charge on any atom is -0.483 e. The number of amides is 3. The monoisotopic (exact) mass is 616 g/mol. The average molecular weight is 617 g/mol. The summed E-state index contributed by atoms with van der Waals surface area (Å²) in [5.74, 6) is -2.67. The van der Waals surface area contributed by atoms with E-state index in [4.69, 9.17) is 21.1 Å². The smallest absolute Gasteiger partial charge is 0.305 e. The first-order valence-electron chi connectivity index (χ1n) is 12.5. The molecule has 3 aromatic rings. The SMILES string of the molecule is O=C(COc1ccc(Cl)cc1C1c2sc(=O)[nH]c2SC2C(=O)N(c3ccc([N+](=O)[O-])cc3)C(=O)C21)N1CCOCC1. The van der Waals surface area contributed by atoms with Gasteiger partial charge in [0.05, 0.1) is 34.8 Å². The standard InChI is InChI=1S/C26H21ClN4O8S2/c27-13-1-6-17(39-12-18(32)29-7-9-38-10-8-29)16(11-13)19-20-22(40-23-21(19)41-26(35)28-23)25(34)30(24(20)33)14-2-4-15(5-3-14)31(36)37/h1-6,11,19-20,22H,7-10,12H2,(H,28,35). The number of carbonyl (C=O) groups is 3. The van der Waals surface area contributed by atoms with E-state index < -0.39 is 33.8 Å². The number of nitro groups is 1. The lowest BCUT2D eigenvalue weighted by Crippen LogP contribution is -2.43. The second-order valence-corrected chi connectivity index (χ2v) is 12.1. The van der Waals surface area contributed by atoms with Crippen LogP contribution in [0.1, 0.15) is 16.4 Å². The van der Waals surface area contributed by atoms with Crippen molar-refractivity contribution >= 4 is 63.8 Å². The van der Waals surface area contributed by atoms with Gasteiger partial charge < -0.3 is 19.4 Å². The molecule has 212 valence electrons. The molecule has 3 amide bonds. The number of nitro benzene ring substituents is 1. The molecule has 2 saturated heterocycles. The minimum absolute atomic E-state index is 0.176. The van der Waals surface area contributed by atoms with Crippen molar-refractivity contribution in [3.05, 3.63) is 77.7 Å². The van der Waals surface area contributed by atoms with E-state index >= 15 is 0 Å². The molecule has 4 heterocycles. The van der Waals surface area contributed by atoms with Crippen molar-refractivity contribution in [3.8, 4) is 5.75 Å². The maximum atomic E-state index is 14.0. The number of nitrogens with one attached hydrogen (secondary N) is 1. The van der Waals surface area contributed by atoms with Crippen LogP contribution in [-0.4, -0.2) is 70.7 Å². The molecule has 1 aromatic heterocycles. The number of halogens is 1. The predicted octanol–water partition coefficient (Wildman–Crippen LogP) is 3.03. The second kappa shape index (κ2) is 10.9. The molecule has 15 heteroatoms. The summed E-state index contributed by atoms with van der Waals surface area (Å²) < 4.78 is 11.3. The summed E-state index contributed by atoms with van der Waals surface area (Å²) in [6, 6.07) is 9.98. The van der Waals surface area contributed by atoms with Crippen molar-refractivity contribution in [2.75, 3.05) is 37.8 Å². The number of thioether (sulfide) groups is 1. The molecule has 2 fully saturated rings. The molecule has 1 N–H and O–H groups in total. The summed E-state index contributed by atoms with van der Waals surface area (Å²) >= 11 is 8.43. The van der Waals surface area contributed by atoms with Crippen LogP contribution in [0.15, 0.2) is 52.3 Å². The fourth-order valence-corrected chi connectivity index (χ4v) is 7.95. The van der Waals surface area contributed by atoms with Crippen LogP contribution in [0.4, 0.5) is 11.4 Å². The molecule has 3 aliphatic rings. The fourth-order valence-electron chi connectivity index (χ4n) is 5.27. The van der Waals surface area contributed by atoms with Gasteiger partial charge in [0.15, 0.2) is 6.61 Å². The summed E-state index contributed by atoms with van der Waals surface area (Å²) in [4.78, 5) is 69.0. The van der Waals surface area contributed by atoms with Crippen LogP contribution in [0.2, 0.25) is 5.02 Å². The Balaban J connectivity index is 1.38. The Bertz CT molecular complexity index is 1620. The van der Waals surface area contributed by atoms with Crippen LogP contribution in [0.3, 0.4) is 0 Å². The number of ether oxygens (including phenoxy) is 2. The van der Waals surface area contributed by atoms with Gasteiger partial charge in [0.25, 0.3) is 11.6 Å². The number of benzene rings is 2. The van der Waals surface area contributed by atoms with Gasteiger partial charge in [0, 0.05) is 46.6 Å². The number of thiazole rings is 1. The lowest BCUT2D eigenvalue weighted by molar-refractivity contribution is -0.384. The van der Waals surface area contributed by atoms with Gasteiger partial charge in [0.2, 0.25) is 11.8 Å². The normalized spacial score (nSPS) is 21.9. The van der Waals surface area contributed by atoms with Crippen molar-refractivity contribution in [1.29, 1.82) is 0 Å². The van der Waals surface area contributed by atoms with E-state index in [2.05, 4.69) is 4.98 Å². The van der Waals surface area contributed by atoms with Gasteiger partial charge in [-0.2, -0.15) is 0 Å². The van der Waals surface area contributed by atoms with E-state index in [1.165, 1.54) is 24.3 Å². The largest absolute Gasteiger partial charge is 0.483 e. The van der Waals surface area contributed by atoms with Crippen molar-refractivity contribution in [2.45, 2.75) is 16.2 Å². The summed E-state index contributed by atoms with van der Waals surface area (Å²) in [5, 5.41) is 11.0. The van der Waals surface area contributed by atoms with Gasteiger partial charge in [-0.05, 0) is 30.3 Å². The molecule has 0 bridgehead atoms. The van der Waals surface area contributed by atoms with Gasteiger partial charge in [-0.25, -0.2) is 4.90 Å². The molecule has 0 saturated carbocycles. The number of anilines is 1. The average Bonchev–Trinajstić information content (AvgIpc) is 3.46. The van der Waals surface area contributed by atoms with Crippen LogP contribution >= 0.6 is 34.7 Å². The molecule has 3 aliphatic heterocycles. The lowest BCUT2D eigenvalue weighted by Gasteiger charge is -2.31.